The molecule has 28 heavy (non-hydrogen) atoms. The van der Waals surface area contributed by atoms with Gasteiger partial charge < -0.3 is 19.4 Å². The van der Waals surface area contributed by atoms with E-state index in [1.807, 2.05) is 27.2 Å². The summed E-state index contributed by atoms with van der Waals surface area (Å²) in [6.45, 7) is 0.776. The molecule has 0 fully saturated rings. The molecule has 0 aliphatic carbocycles. The van der Waals surface area contributed by atoms with E-state index in [9.17, 15) is 9.59 Å². The number of hydrogen-bond donors (Lipinski definition) is 2. The number of unbranched alkanes of at least 4 members (excludes halogenated alkanes) is 10. The van der Waals surface area contributed by atoms with Gasteiger partial charge in [0, 0.05) is 12.7 Å². The van der Waals surface area contributed by atoms with Gasteiger partial charge in [-0.15, -0.1) is 0 Å². The molecule has 0 rings (SSSR count). The van der Waals surface area contributed by atoms with Crippen molar-refractivity contribution in [1.82, 2.24) is 0 Å². The van der Waals surface area contributed by atoms with Crippen molar-refractivity contribution in [3.05, 3.63) is 12.2 Å². The molecule has 0 aliphatic heterocycles. The van der Waals surface area contributed by atoms with Crippen LogP contribution in [0.25, 0.3) is 0 Å². The lowest BCUT2D eigenvalue weighted by Gasteiger charge is -2.28. The van der Waals surface area contributed by atoms with Crippen LogP contribution in [0.5, 0.6) is 0 Å². The Labute approximate surface area is 171 Å². The first-order chi connectivity index (χ1) is 13.2. The van der Waals surface area contributed by atoms with E-state index in [0.29, 0.717) is 17.6 Å². The fourth-order valence-corrected chi connectivity index (χ4v) is 3.12. The molecule has 0 aromatic rings. The van der Waals surface area contributed by atoms with Crippen LogP contribution in [0.4, 0.5) is 0 Å². The van der Waals surface area contributed by atoms with Crippen molar-refractivity contribution in [3.63, 3.8) is 0 Å². The van der Waals surface area contributed by atoms with Gasteiger partial charge in [0.15, 0.2) is 6.10 Å². The largest absolute Gasteiger partial charge is 0.481 e. The molecule has 1 unspecified atom stereocenters. The van der Waals surface area contributed by atoms with Crippen molar-refractivity contribution in [2.75, 3.05) is 34.3 Å². The molecule has 164 valence electrons. The maximum absolute atomic E-state index is 11.9. The highest BCUT2D eigenvalue weighted by Crippen LogP contribution is 2.11. The molecule has 0 saturated heterocycles. The topological polar surface area (TPSA) is 83.8 Å². The van der Waals surface area contributed by atoms with Gasteiger partial charge in [0.05, 0.1) is 27.6 Å². The van der Waals surface area contributed by atoms with Crippen LogP contribution in [0.2, 0.25) is 0 Å². The number of carboxylic acid groups (broad SMARTS) is 1. The van der Waals surface area contributed by atoms with Gasteiger partial charge in [-0.2, -0.15) is 0 Å². The van der Waals surface area contributed by atoms with Crippen molar-refractivity contribution >= 4 is 11.9 Å². The van der Waals surface area contributed by atoms with Gasteiger partial charge in [0.1, 0.15) is 6.54 Å². The van der Waals surface area contributed by atoms with Crippen LogP contribution in [0.3, 0.4) is 0 Å². The van der Waals surface area contributed by atoms with E-state index in [1.165, 1.54) is 44.6 Å². The highest BCUT2D eigenvalue weighted by atomic mass is 16.5. The Kier molecular flexibility index (Phi) is 15.7. The molecule has 0 aromatic carbocycles. The molecule has 0 aliphatic rings. The van der Waals surface area contributed by atoms with Gasteiger partial charge in [-0.25, -0.2) is 4.79 Å². The Bertz CT molecular complexity index is 443. The van der Waals surface area contributed by atoms with Gasteiger partial charge in [0.25, 0.3) is 0 Å². The van der Waals surface area contributed by atoms with Crippen LogP contribution in [0.15, 0.2) is 12.2 Å². The molecular weight excluding hydrogens is 358 g/mol. The molecule has 0 spiro atoms. The Morgan fingerprint density at radius 2 is 1.39 bits per heavy atom. The Hall–Kier alpha value is -1.40. The van der Waals surface area contributed by atoms with Gasteiger partial charge >= 0.3 is 11.9 Å². The third-order valence-corrected chi connectivity index (χ3v) is 4.47. The number of allylic oxidation sites excluding steroid dienone is 1. The van der Waals surface area contributed by atoms with Gasteiger partial charge in [-0.3, -0.25) is 4.79 Å². The van der Waals surface area contributed by atoms with E-state index >= 15 is 0 Å². The summed E-state index contributed by atoms with van der Waals surface area (Å²) < 4.78 is 5.85. The van der Waals surface area contributed by atoms with Gasteiger partial charge in [-0.1, -0.05) is 57.4 Å². The summed E-state index contributed by atoms with van der Waals surface area (Å²) >= 11 is 0. The molecule has 2 N–H and O–H groups in total. The smallest absolute Gasteiger partial charge is 0.330 e. The standard InChI is InChI=1S/C22H41NO5/c1-23(2,3)19-20(18-21(25)26)28-22(27)16-14-12-10-8-6-4-5-7-9-11-13-15-17-24/h14,16,20,24H,4-13,15,17-19H2,1-3H3/p+1. The summed E-state index contributed by atoms with van der Waals surface area (Å²) in [4.78, 5) is 22.8. The van der Waals surface area contributed by atoms with Crippen LogP contribution < -0.4 is 0 Å². The first kappa shape index (κ1) is 26.6. The molecular formula is C22H42NO5+. The van der Waals surface area contributed by atoms with Crippen LogP contribution >= 0.6 is 0 Å². The van der Waals surface area contributed by atoms with Crippen molar-refractivity contribution < 1.29 is 29.0 Å². The van der Waals surface area contributed by atoms with Crippen molar-refractivity contribution in [3.8, 4) is 0 Å². The van der Waals surface area contributed by atoms with Gasteiger partial charge in [0.2, 0.25) is 0 Å². The summed E-state index contributed by atoms with van der Waals surface area (Å²) in [6, 6.07) is 0. The van der Waals surface area contributed by atoms with Crippen molar-refractivity contribution in [2.24, 2.45) is 0 Å². The van der Waals surface area contributed by atoms with E-state index in [0.717, 1.165) is 32.1 Å². The zero-order valence-electron chi connectivity index (χ0n) is 18.2. The van der Waals surface area contributed by atoms with Gasteiger partial charge in [-0.05, 0) is 19.3 Å². The lowest BCUT2D eigenvalue weighted by molar-refractivity contribution is -0.873. The third kappa shape index (κ3) is 19.4. The molecule has 6 heteroatoms. The fourth-order valence-electron chi connectivity index (χ4n) is 3.12. The maximum atomic E-state index is 11.9. The summed E-state index contributed by atoms with van der Waals surface area (Å²) in [5.41, 5.74) is 0. The second kappa shape index (κ2) is 16.5. The summed E-state index contributed by atoms with van der Waals surface area (Å²) in [7, 11) is 5.82. The molecule has 0 amide bonds. The molecule has 0 saturated carbocycles. The zero-order valence-corrected chi connectivity index (χ0v) is 18.2. The molecule has 0 bridgehead atoms. The number of ether oxygens (including phenoxy) is 1. The number of likely N-dealkylation sites (N-methyl/N-ethyl adjacent to an activating group) is 1. The van der Waals surface area contributed by atoms with E-state index < -0.39 is 18.0 Å². The predicted molar refractivity (Wildman–Crippen MR) is 112 cm³/mol. The van der Waals surface area contributed by atoms with Crippen molar-refractivity contribution in [2.45, 2.75) is 83.2 Å². The van der Waals surface area contributed by atoms with E-state index in [1.54, 1.807) is 0 Å². The minimum atomic E-state index is -0.958. The number of aliphatic carboxylic acids is 1. The highest BCUT2D eigenvalue weighted by Gasteiger charge is 2.23. The average molecular weight is 401 g/mol. The van der Waals surface area contributed by atoms with E-state index in [-0.39, 0.29) is 6.42 Å². The van der Waals surface area contributed by atoms with Crippen LogP contribution in [-0.4, -0.2) is 67.0 Å². The number of carbonyl (C=O) groups excluding carboxylic acids is 1. The summed E-state index contributed by atoms with van der Waals surface area (Å²) in [5, 5.41) is 17.7. The third-order valence-electron chi connectivity index (χ3n) is 4.47. The quantitative estimate of drug-likeness (QED) is 0.158. The highest BCUT2D eigenvalue weighted by molar-refractivity contribution is 5.82. The van der Waals surface area contributed by atoms with Crippen LogP contribution in [0.1, 0.15) is 77.0 Å². The normalized spacial score (nSPS) is 13.0. The Balaban J connectivity index is 3.77. The van der Waals surface area contributed by atoms with Crippen LogP contribution in [-0.2, 0) is 14.3 Å². The first-order valence-electron chi connectivity index (χ1n) is 10.7. The summed E-state index contributed by atoms with van der Waals surface area (Å²) in [6.07, 6.45) is 15.1. The van der Waals surface area contributed by atoms with E-state index in [4.69, 9.17) is 14.9 Å². The number of nitrogens with zero attached hydrogens (tertiary/aromatic N) is 1. The molecule has 1 atom stereocenters. The number of rotatable bonds is 18. The lowest BCUT2D eigenvalue weighted by Crippen LogP contribution is -2.43. The van der Waals surface area contributed by atoms with E-state index in [2.05, 4.69) is 0 Å². The molecule has 0 heterocycles. The molecule has 6 nitrogen and oxygen atoms in total. The fraction of sp³-hybridized carbons (Fsp3) is 0.818. The SMILES string of the molecule is C[N+](C)(C)CC(CC(=O)O)OC(=O)C=CCCCCCCCCCCCCO. The van der Waals surface area contributed by atoms with Crippen molar-refractivity contribution in [1.29, 1.82) is 0 Å². The zero-order chi connectivity index (χ0) is 21.3. The lowest BCUT2D eigenvalue weighted by atomic mass is 10.1. The first-order valence-corrected chi connectivity index (χ1v) is 10.7. The average Bonchev–Trinajstić information content (AvgIpc) is 2.56. The number of esters is 1. The number of aliphatic hydroxyl groups is 1. The molecule has 0 radical (unpaired) electrons. The monoisotopic (exact) mass is 400 g/mol. The maximum Gasteiger partial charge on any atom is 0.330 e. The second-order valence-corrected chi connectivity index (χ2v) is 8.58. The molecule has 0 aromatic heterocycles. The number of quaternary nitrogens is 1. The number of aliphatic hydroxyl groups excluding tert-OH is 1. The number of carboxylic acids is 1. The second-order valence-electron chi connectivity index (χ2n) is 8.58. The predicted octanol–water partition coefficient (Wildman–Crippen LogP) is 3.92. The Morgan fingerprint density at radius 3 is 1.86 bits per heavy atom. The number of carbonyl (C=O) groups is 2. The minimum absolute atomic E-state index is 0.170. The van der Waals surface area contributed by atoms with Crippen LogP contribution in [0, 0.1) is 0 Å². The number of hydrogen-bond acceptors (Lipinski definition) is 4. The summed E-state index contributed by atoms with van der Waals surface area (Å²) in [5.74, 6) is -1.42. The Morgan fingerprint density at radius 1 is 0.893 bits per heavy atom. The minimum Gasteiger partial charge on any atom is -0.481 e.